The van der Waals surface area contributed by atoms with Crippen molar-refractivity contribution in [3.63, 3.8) is 0 Å². The van der Waals surface area contributed by atoms with E-state index in [2.05, 4.69) is 68.4 Å². The Kier molecular flexibility index (Phi) is 13.2. The van der Waals surface area contributed by atoms with Gasteiger partial charge in [-0.15, -0.1) is 0 Å². The molecule has 3 saturated carbocycles. The second-order valence-electron chi connectivity index (χ2n) is 22.0. The predicted octanol–water partition coefficient (Wildman–Crippen LogP) is 11.2. The average molecular weight is 868 g/mol. The molecule has 1 unspecified atom stereocenters. The summed E-state index contributed by atoms with van der Waals surface area (Å²) in [6, 6.07) is 19.8. The topological polar surface area (TPSA) is 101 Å². The van der Waals surface area contributed by atoms with Crippen LogP contribution in [-0.2, 0) is 46.5 Å². The third-order valence-corrected chi connectivity index (χ3v) is 18.7. The zero-order valence-electron chi connectivity index (χ0n) is 40.5. The van der Waals surface area contributed by atoms with Gasteiger partial charge in [-0.05, 0) is 103 Å². The van der Waals surface area contributed by atoms with Gasteiger partial charge in [0, 0.05) is 24.8 Å². The minimum Gasteiger partial charge on any atom is -0.460 e. The highest BCUT2D eigenvalue weighted by Gasteiger charge is 2.75. The summed E-state index contributed by atoms with van der Waals surface area (Å²) in [5.41, 5.74) is 0.521. The molecule has 2 aromatic rings. The average Bonchev–Trinajstić information content (AvgIpc) is 3.25. The van der Waals surface area contributed by atoms with Crippen LogP contribution in [0.1, 0.15) is 126 Å². The molecule has 7 rings (SSSR count). The van der Waals surface area contributed by atoms with Gasteiger partial charge in [0.25, 0.3) is 0 Å². The van der Waals surface area contributed by atoms with Crippen molar-refractivity contribution in [2.24, 2.45) is 62.6 Å². The molecule has 1 saturated heterocycles. The second kappa shape index (κ2) is 17.6. The van der Waals surface area contributed by atoms with Crippen LogP contribution in [0.5, 0.6) is 0 Å². The molecule has 9 heteroatoms. The van der Waals surface area contributed by atoms with E-state index in [9.17, 15) is 9.59 Å². The Bertz CT molecular complexity index is 2000. The summed E-state index contributed by atoms with van der Waals surface area (Å²) in [5.74, 6) is 0.602. The maximum Gasteiger partial charge on any atom is 0.410 e. The molecule has 1 heterocycles. The first-order chi connectivity index (χ1) is 29.7. The quantitative estimate of drug-likeness (QED) is 0.111. The van der Waals surface area contributed by atoms with Crippen molar-refractivity contribution in [1.29, 1.82) is 0 Å². The molecule has 63 heavy (non-hydrogen) atoms. The molecular weight excluding hydrogens is 791 g/mol. The molecule has 1 aliphatic heterocycles. The number of fused-ring (bicyclic) bond motifs is 3. The van der Waals surface area contributed by atoms with E-state index in [0.29, 0.717) is 19.6 Å². The Labute approximate surface area is 378 Å². The number of ether oxygens (including phenoxy) is 5. The minimum absolute atomic E-state index is 0.0225. The van der Waals surface area contributed by atoms with E-state index in [1.807, 2.05) is 67.6 Å². The molecule has 346 valence electrons. The van der Waals surface area contributed by atoms with E-state index in [1.54, 1.807) is 11.9 Å². The van der Waals surface area contributed by atoms with Crippen molar-refractivity contribution in [1.82, 2.24) is 4.90 Å². The third kappa shape index (κ3) is 7.57. The Morgan fingerprint density at radius 2 is 1.49 bits per heavy atom. The predicted molar refractivity (Wildman–Crippen MR) is 245 cm³/mol. The summed E-state index contributed by atoms with van der Waals surface area (Å²) >= 11 is 0. The van der Waals surface area contributed by atoms with Gasteiger partial charge in [-0.1, -0.05) is 135 Å². The molecule has 0 N–H and O–H groups in total. The molecule has 4 aliphatic carbocycles. The lowest BCUT2D eigenvalue weighted by Crippen LogP contribution is -2.72. The molecule has 5 aliphatic rings. The summed E-state index contributed by atoms with van der Waals surface area (Å²) in [5, 5.41) is 0. The van der Waals surface area contributed by atoms with Gasteiger partial charge in [0.2, 0.25) is 0 Å². The van der Waals surface area contributed by atoms with Crippen molar-refractivity contribution in [2.75, 3.05) is 26.9 Å². The van der Waals surface area contributed by atoms with E-state index < -0.39 is 34.7 Å². The highest BCUT2D eigenvalue weighted by Crippen LogP contribution is 2.77. The van der Waals surface area contributed by atoms with Gasteiger partial charge < -0.3 is 28.6 Å². The van der Waals surface area contributed by atoms with Crippen LogP contribution in [0.25, 0.3) is 0 Å². The third-order valence-electron chi connectivity index (χ3n) is 18.7. The maximum absolute atomic E-state index is 15.2. The van der Waals surface area contributed by atoms with Crippen LogP contribution >= 0.6 is 0 Å². The normalized spacial score (nSPS) is 36.1. The van der Waals surface area contributed by atoms with Crippen molar-refractivity contribution in [3.05, 3.63) is 83.4 Å². The summed E-state index contributed by atoms with van der Waals surface area (Å²) in [7, 11) is 1.79. The maximum atomic E-state index is 15.2. The number of amides is 1. The minimum atomic E-state index is -0.725. The van der Waals surface area contributed by atoms with Crippen LogP contribution in [0.4, 0.5) is 4.79 Å². The Hall–Kier alpha value is -3.69. The lowest BCUT2D eigenvalue weighted by molar-refractivity contribution is -0.273. The van der Waals surface area contributed by atoms with Gasteiger partial charge in [0.05, 0.1) is 30.8 Å². The van der Waals surface area contributed by atoms with E-state index >= 15 is 4.79 Å². The fourth-order valence-electron chi connectivity index (χ4n) is 14.3. The zero-order chi connectivity index (χ0) is 45.8. The number of allylic oxidation sites excluding steroid dienone is 1. The van der Waals surface area contributed by atoms with Gasteiger partial charge >= 0.3 is 18.0 Å². The number of nitrogens with zero attached hydrogens (tertiary/aromatic N) is 1. The molecule has 9 nitrogen and oxygen atoms in total. The number of esters is 2. The van der Waals surface area contributed by atoms with Crippen molar-refractivity contribution < 1.29 is 38.1 Å². The number of benzene rings is 2. The molecular formula is C54H77NO8. The van der Waals surface area contributed by atoms with Crippen molar-refractivity contribution in [2.45, 2.75) is 146 Å². The van der Waals surface area contributed by atoms with Crippen LogP contribution in [-0.4, -0.2) is 67.5 Å². The number of carbonyl (C=O) groups excluding carboxylic acids is 3. The standard InChI is InChI=1S/C54H77NO8/c1-35(2)38(6)54(47(57)60-30-40-19-15-13-16-20-40)37(5)25-27-50(9)42-23-24-45-49(8)32-59-34-53(45,43(42)26-28-52(50,54)11)29-44(63-39(7)56)46(49)62-33-51(10,36(3)4)55(12)48(58)61-31-41-21-17-14-18-22-41/h13-22,26,35-38,42,44-46H,23-25,27-34H2,1-12H3/t37?,38-,42+,44-,45+,46+,49-,50-,51-,52-,53+,54-/m1/s1. The van der Waals surface area contributed by atoms with Crippen molar-refractivity contribution >= 4 is 18.0 Å². The van der Waals surface area contributed by atoms with Crippen LogP contribution in [0.15, 0.2) is 72.3 Å². The summed E-state index contributed by atoms with van der Waals surface area (Å²) < 4.78 is 32.6. The SMILES string of the molecule is CC(=O)O[C@@H]1C[C@@]23COC[C@](C)([C@@H]2CC[C@H]2C3=CC[C@]3(C)[C@]2(C)CCC(C)[C@]3(C(=O)OCc2ccccc2)[C@H](C)C(C)C)[C@H]1OC[C@](C)(C(C)C)N(C)C(=O)OCc1ccccc1. The van der Waals surface area contributed by atoms with E-state index in [0.717, 1.165) is 43.2 Å². The van der Waals surface area contributed by atoms with Gasteiger partial charge in [-0.3, -0.25) is 9.59 Å². The molecule has 0 aromatic heterocycles. The number of hydrogen-bond acceptors (Lipinski definition) is 8. The molecule has 1 amide bonds. The van der Waals surface area contributed by atoms with Crippen molar-refractivity contribution in [3.8, 4) is 0 Å². The first-order valence-electron chi connectivity index (χ1n) is 24.0. The molecule has 0 radical (unpaired) electrons. The summed E-state index contributed by atoms with van der Waals surface area (Å²) in [4.78, 5) is 43.6. The number of likely N-dealkylation sites (N-methyl/N-ethyl adjacent to an activating group) is 1. The Morgan fingerprint density at radius 1 is 0.873 bits per heavy atom. The zero-order valence-corrected chi connectivity index (χ0v) is 40.5. The summed E-state index contributed by atoms with van der Waals surface area (Å²) in [6.45, 7) is 25.8. The number of rotatable bonds is 13. The van der Waals surface area contributed by atoms with Crippen LogP contribution in [0, 0.1) is 62.6 Å². The van der Waals surface area contributed by atoms with Gasteiger partial charge in [0.1, 0.15) is 25.4 Å². The molecule has 4 fully saturated rings. The van der Waals surface area contributed by atoms with E-state index in [4.69, 9.17) is 23.7 Å². The monoisotopic (exact) mass is 868 g/mol. The summed E-state index contributed by atoms with van der Waals surface area (Å²) in [6.07, 6.45) is 6.46. The fourth-order valence-corrected chi connectivity index (χ4v) is 14.3. The fraction of sp³-hybridized carbons (Fsp3) is 0.685. The van der Waals surface area contributed by atoms with Gasteiger partial charge in [-0.25, -0.2) is 4.79 Å². The van der Waals surface area contributed by atoms with Gasteiger partial charge in [0.15, 0.2) is 0 Å². The number of hydrogen-bond donors (Lipinski definition) is 0. The number of carbonyl (C=O) groups is 3. The van der Waals surface area contributed by atoms with E-state index in [-0.39, 0.29) is 83.5 Å². The first kappa shape index (κ1) is 47.3. The second-order valence-corrected chi connectivity index (χ2v) is 22.0. The molecule has 0 spiro atoms. The molecule has 2 bridgehead atoms. The Morgan fingerprint density at radius 3 is 2.08 bits per heavy atom. The molecule has 12 atom stereocenters. The van der Waals surface area contributed by atoms with Gasteiger partial charge in [-0.2, -0.15) is 0 Å². The molecule has 2 aromatic carbocycles. The van der Waals surface area contributed by atoms with Crippen LogP contribution in [0.2, 0.25) is 0 Å². The lowest BCUT2D eigenvalue weighted by Gasteiger charge is -2.72. The Balaban J connectivity index is 1.22. The largest absolute Gasteiger partial charge is 0.460 e. The highest BCUT2D eigenvalue weighted by molar-refractivity contribution is 5.80. The van der Waals surface area contributed by atoms with E-state index in [1.165, 1.54) is 12.5 Å². The highest BCUT2D eigenvalue weighted by atomic mass is 16.6. The first-order valence-corrected chi connectivity index (χ1v) is 24.0. The van der Waals surface area contributed by atoms with Crippen LogP contribution < -0.4 is 0 Å². The smallest absolute Gasteiger partial charge is 0.410 e. The lowest BCUT2D eigenvalue weighted by atomic mass is 9.32. The van der Waals surface area contributed by atoms with Crippen LogP contribution in [0.3, 0.4) is 0 Å².